The molecule has 3 rings (SSSR count). The van der Waals surface area contributed by atoms with E-state index in [1.165, 1.54) is 0 Å². The molecule has 0 bridgehead atoms. The van der Waals surface area contributed by atoms with E-state index >= 15 is 0 Å². The Kier molecular flexibility index (Phi) is 3.32. The number of fused-ring (bicyclic) bond motifs is 1. The molecule has 4 nitrogen and oxygen atoms in total. The third-order valence-electron chi connectivity index (χ3n) is 3.18. The van der Waals surface area contributed by atoms with E-state index in [0.29, 0.717) is 23.4 Å². The van der Waals surface area contributed by atoms with Crippen molar-refractivity contribution in [1.29, 1.82) is 5.26 Å². The number of nitriles is 1. The maximum absolute atomic E-state index is 13.5. The number of aryl methyl sites for hydroxylation is 1. The van der Waals surface area contributed by atoms with Gasteiger partial charge >= 0.3 is 0 Å². The zero-order chi connectivity index (χ0) is 14.8. The van der Waals surface area contributed by atoms with Gasteiger partial charge in [0.25, 0.3) is 0 Å². The van der Waals surface area contributed by atoms with Crippen molar-refractivity contribution in [3.63, 3.8) is 0 Å². The van der Waals surface area contributed by atoms with Crippen molar-refractivity contribution < 1.29 is 8.78 Å². The van der Waals surface area contributed by atoms with Crippen LogP contribution in [0.1, 0.15) is 6.42 Å². The lowest BCUT2D eigenvalue weighted by molar-refractivity contribution is 0.510. The molecule has 0 amide bonds. The lowest BCUT2D eigenvalue weighted by atomic mass is 10.2. The lowest BCUT2D eigenvalue weighted by Crippen LogP contribution is -2.00. The van der Waals surface area contributed by atoms with Gasteiger partial charge in [-0.05, 0) is 12.1 Å². The van der Waals surface area contributed by atoms with Gasteiger partial charge in [0.1, 0.15) is 5.82 Å². The summed E-state index contributed by atoms with van der Waals surface area (Å²) in [5, 5.41) is 8.77. The van der Waals surface area contributed by atoms with E-state index < -0.39 is 11.6 Å². The fourth-order valence-electron chi connectivity index (χ4n) is 2.23. The minimum Gasteiger partial charge on any atom is -0.323 e. The number of halogens is 2. The predicted molar refractivity (Wildman–Crippen MR) is 73.1 cm³/mol. The standard InChI is InChI=1S/C15H10F2N4/c16-11-8-13-14(9-12(11)17)21(7-1-4-18)15(20-13)10-2-5-19-6-3-10/h2-3,5-6,8-9H,1,7H2. The third-order valence-corrected chi connectivity index (χ3v) is 3.18. The van der Waals surface area contributed by atoms with Gasteiger partial charge in [0.2, 0.25) is 0 Å². The second kappa shape index (κ2) is 5.29. The zero-order valence-corrected chi connectivity index (χ0v) is 10.9. The molecule has 2 heterocycles. The summed E-state index contributed by atoms with van der Waals surface area (Å²) in [6.07, 6.45) is 3.48. The van der Waals surface area contributed by atoms with Crippen LogP contribution in [0.4, 0.5) is 8.78 Å². The van der Waals surface area contributed by atoms with Crippen LogP contribution >= 0.6 is 0 Å². The first-order valence-corrected chi connectivity index (χ1v) is 6.33. The van der Waals surface area contributed by atoms with Crippen LogP contribution in [0.5, 0.6) is 0 Å². The van der Waals surface area contributed by atoms with Crippen LogP contribution in [-0.2, 0) is 6.54 Å². The molecular formula is C15H10F2N4. The minimum absolute atomic E-state index is 0.253. The summed E-state index contributed by atoms with van der Waals surface area (Å²) in [5.74, 6) is -1.30. The third kappa shape index (κ3) is 2.34. The molecule has 0 fully saturated rings. The summed E-state index contributed by atoms with van der Waals surface area (Å²) in [6, 6.07) is 7.75. The van der Waals surface area contributed by atoms with Gasteiger partial charge in [-0.1, -0.05) is 0 Å². The van der Waals surface area contributed by atoms with Crippen LogP contribution in [-0.4, -0.2) is 14.5 Å². The van der Waals surface area contributed by atoms with Gasteiger partial charge in [-0.2, -0.15) is 5.26 Å². The van der Waals surface area contributed by atoms with Gasteiger partial charge in [-0.3, -0.25) is 4.98 Å². The van der Waals surface area contributed by atoms with Gasteiger partial charge in [-0.25, -0.2) is 13.8 Å². The summed E-state index contributed by atoms with van der Waals surface area (Å²) in [4.78, 5) is 8.29. The van der Waals surface area contributed by atoms with Crippen molar-refractivity contribution in [2.24, 2.45) is 0 Å². The highest BCUT2D eigenvalue weighted by Crippen LogP contribution is 2.26. The molecule has 0 unspecified atom stereocenters. The summed E-state index contributed by atoms with van der Waals surface area (Å²) < 4.78 is 28.5. The topological polar surface area (TPSA) is 54.5 Å². The van der Waals surface area contributed by atoms with Gasteiger partial charge in [-0.15, -0.1) is 0 Å². The number of imidazole rings is 1. The van der Waals surface area contributed by atoms with Gasteiger partial charge in [0.05, 0.1) is 23.5 Å². The van der Waals surface area contributed by atoms with Gasteiger partial charge in [0, 0.05) is 36.6 Å². The Morgan fingerprint density at radius 3 is 2.57 bits per heavy atom. The minimum atomic E-state index is -0.936. The molecule has 0 saturated heterocycles. The van der Waals surface area contributed by atoms with Crippen molar-refractivity contribution in [3.8, 4) is 17.5 Å². The molecule has 0 spiro atoms. The first-order chi connectivity index (χ1) is 10.2. The van der Waals surface area contributed by atoms with Crippen LogP contribution in [0.2, 0.25) is 0 Å². The van der Waals surface area contributed by atoms with Crippen LogP contribution in [0.15, 0.2) is 36.7 Å². The highest BCUT2D eigenvalue weighted by molar-refractivity contribution is 5.80. The summed E-state index contributed by atoms with van der Waals surface area (Å²) in [7, 11) is 0. The number of benzene rings is 1. The van der Waals surface area contributed by atoms with E-state index in [9.17, 15) is 8.78 Å². The molecule has 3 aromatic rings. The average molecular weight is 284 g/mol. The van der Waals surface area contributed by atoms with Crippen molar-refractivity contribution >= 4 is 11.0 Å². The quantitative estimate of drug-likeness (QED) is 0.741. The van der Waals surface area contributed by atoms with Crippen molar-refractivity contribution in [2.45, 2.75) is 13.0 Å². The SMILES string of the molecule is N#CCCn1c(-c2ccncc2)nc2cc(F)c(F)cc21. The van der Waals surface area contributed by atoms with Gasteiger partial charge < -0.3 is 4.57 Å². The number of hydrogen-bond donors (Lipinski definition) is 0. The summed E-state index contributed by atoms with van der Waals surface area (Å²) in [5.41, 5.74) is 1.61. The number of nitrogens with zero attached hydrogens (tertiary/aromatic N) is 4. The maximum atomic E-state index is 13.5. The Morgan fingerprint density at radius 1 is 1.14 bits per heavy atom. The first kappa shape index (κ1) is 13.2. The maximum Gasteiger partial charge on any atom is 0.161 e. The predicted octanol–water partition coefficient (Wildman–Crippen LogP) is 3.29. The van der Waals surface area contributed by atoms with E-state index in [4.69, 9.17) is 5.26 Å². The second-order valence-electron chi connectivity index (χ2n) is 4.49. The Hall–Kier alpha value is -2.81. The normalized spacial score (nSPS) is 10.7. The number of aromatic nitrogens is 3. The number of rotatable bonds is 3. The lowest BCUT2D eigenvalue weighted by Gasteiger charge is -2.06. The van der Waals surface area contributed by atoms with Crippen LogP contribution in [0.3, 0.4) is 0 Å². The molecule has 0 aliphatic rings. The van der Waals surface area contributed by atoms with Crippen LogP contribution < -0.4 is 0 Å². The fraction of sp³-hybridized carbons (Fsp3) is 0.133. The molecule has 0 saturated carbocycles. The Labute approximate surface area is 119 Å². The van der Waals surface area contributed by atoms with E-state index in [1.807, 2.05) is 6.07 Å². The molecule has 0 radical (unpaired) electrons. The molecule has 0 aliphatic carbocycles. The van der Waals surface area contributed by atoms with E-state index in [-0.39, 0.29) is 6.42 Å². The van der Waals surface area contributed by atoms with Crippen LogP contribution in [0.25, 0.3) is 22.4 Å². The Morgan fingerprint density at radius 2 is 1.86 bits per heavy atom. The molecule has 0 N–H and O–H groups in total. The Balaban J connectivity index is 2.25. The molecule has 104 valence electrons. The molecule has 21 heavy (non-hydrogen) atoms. The van der Waals surface area contributed by atoms with Gasteiger partial charge in [0.15, 0.2) is 11.6 Å². The van der Waals surface area contributed by atoms with E-state index in [0.717, 1.165) is 17.7 Å². The Bertz CT molecular complexity index is 834. The fourth-order valence-corrected chi connectivity index (χ4v) is 2.23. The zero-order valence-electron chi connectivity index (χ0n) is 10.9. The molecule has 0 aliphatic heterocycles. The average Bonchev–Trinajstić information content (AvgIpc) is 2.84. The van der Waals surface area contributed by atoms with Crippen LogP contribution in [0, 0.1) is 23.0 Å². The molecule has 1 aromatic carbocycles. The largest absolute Gasteiger partial charge is 0.323 e. The smallest absolute Gasteiger partial charge is 0.161 e. The second-order valence-corrected chi connectivity index (χ2v) is 4.49. The highest BCUT2D eigenvalue weighted by Gasteiger charge is 2.15. The molecule has 0 atom stereocenters. The molecule has 2 aromatic heterocycles. The summed E-state index contributed by atoms with van der Waals surface area (Å²) >= 11 is 0. The van der Waals surface area contributed by atoms with Crippen molar-refractivity contribution in [3.05, 3.63) is 48.3 Å². The molecule has 6 heteroatoms. The van der Waals surface area contributed by atoms with Crippen molar-refractivity contribution in [1.82, 2.24) is 14.5 Å². The first-order valence-electron chi connectivity index (χ1n) is 6.33. The van der Waals surface area contributed by atoms with Crippen molar-refractivity contribution in [2.75, 3.05) is 0 Å². The summed E-state index contributed by atoms with van der Waals surface area (Å²) in [6.45, 7) is 0.357. The molecular weight excluding hydrogens is 274 g/mol. The van der Waals surface area contributed by atoms with E-state index in [2.05, 4.69) is 9.97 Å². The monoisotopic (exact) mass is 284 g/mol. The van der Waals surface area contributed by atoms with E-state index in [1.54, 1.807) is 29.1 Å². The number of hydrogen-bond acceptors (Lipinski definition) is 3. The number of pyridine rings is 1. The highest BCUT2D eigenvalue weighted by atomic mass is 19.2.